The fourth-order valence-electron chi connectivity index (χ4n) is 3.11. The van der Waals surface area contributed by atoms with Crippen LogP contribution in [0.4, 0.5) is 0 Å². The van der Waals surface area contributed by atoms with Crippen molar-refractivity contribution in [2.24, 2.45) is 0 Å². The molecule has 0 spiro atoms. The number of benzene rings is 2. The number of halogens is 1. The van der Waals surface area contributed by atoms with Gasteiger partial charge in [0.05, 0.1) is 10.1 Å². The van der Waals surface area contributed by atoms with E-state index in [1.165, 1.54) is 0 Å². The van der Waals surface area contributed by atoms with E-state index in [9.17, 15) is 13.2 Å². The summed E-state index contributed by atoms with van der Waals surface area (Å²) >= 11 is 3.49. The van der Waals surface area contributed by atoms with Gasteiger partial charge in [-0.3, -0.25) is 4.79 Å². The van der Waals surface area contributed by atoms with Gasteiger partial charge in [0, 0.05) is 24.0 Å². The molecule has 2 aromatic rings. The first kappa shape index (κ1) is 18.1. The first-order chi connectivity index (χ1) is 12.0. The molecule has 25 heavy (non-hydrogen) atoms. The van der Waals surface area contributed by atoms with Crippen LogP contribution in [0, 0.1) is 0 Å². The Morgan fingerprint density at radius 1 is 1.08 bits per heavy atom. The second kappa shape index (κ2) is 7.70. The van der Waals surface area contributed by atoms with E-state index in [0.717, 1.165) is 10.0 Å². The van der Waals surface area contributed by atoms with E-state index in [0.29, 0.717) is 30.7 Å². The van der Waals surface area contributed by atoms with Gasteiger partial charge in [0.25, 0.3) is 0 Å². The quantitative estimate of drug-likeness (QED) is 0.742. The molecule has 1 unspecified atom stereocenters. The molecule has 1 atom stereocenters. The molecular formula is C19H20BrNO3S. The highest BCUT2D eigenvalue weighted by Crippen LogP contribution is 2.25. The van der Waals surface area contributed by atoms with Crippen LogP contribution in [0.25, 0.3) is 0 Å². The Kier molecular flexibility index (Phi) is 5.59. The molecular weight excluding hydrogens is 402 g/mol. The van der Waals surface area contributed by atoms with Gasteiger partial charge >= 0.3 is 0 Å². The van der Waals surface area contributed by atoms with E-state index in [-0.39, 0.29) is 12.5 Å². The van der Waals surface area contributed by atoms with Crippen molar-refractivity contribution in [1.82, 2.24) is 4.90 Å². The molecule has 2 aromatic carbocycles. The number of nitrogens with zero attached hydrogens (tertiary/aromatic N) is 1. The third-order valence-corrected chi connectivity index (χ3v) is 7.54. The molecule has 6 heteroatoms. The molecule has 1 aliphatic rings. The summed E-state index contributed by atoms with van der Waals surface area (Å²) in [6, 6.07) is 16.3. The second-order valence-corrected chi connectivity index (χ2v) is 9.28. The van der Waals surface area contributed by atoms with Gasteiger partial charge in [0.1, 0.15) is 0 Å². The van der Waals surface area contributed by atoms with Crippen molar-refractivity contribution >= 4 is 31.7 Å². The van der Waals surface area contributed by atoms with Crippen molar-refractivity contribution in [1.29, 1.82) is 0 Å². The highest BCUT2D eigenvalue weighted by Gasteiger charge is 2.35. The highest BCUT2D eigenvalue weighted by atomic mass is 79.9. The molecule has 132 valence electrons. The zero-order valence-corrected chi connectivity index (χ0v) is 16.2. The number of sulfone groups is 1. The number of aryl methyl sites for hydroxylation is 1. The fourth-order valence-corrected chi connectivity index (χ4v) is 5.31. The maximum absolute atomic E-state index is 12.7. The minimum atomic E-state index is -3.38. The van der Waals surface area contributed by atoms with Crippen LogP contribution < -0.4 is 0 Å². The Balaban J connectivity index is 1.61. The summed E-state index contributed by atoms with van der Waals surface area (Å²) < 4.78 is 26.4. The maximum Gasteiger partial charge on any atom is 0.222 e. The minimum absolute atomic E-state index is 0.0153. The van der Waals surface area contributed by atoms with Gasteiger partial charge in [-0.1, -0.05) is 52.3 Å². The van der Waals surface area contributed by atoms with Crippen molar-refractivity contribution < 1.29 is 13.2 Å². The summed E-state index contributed by atoms with van der Waals surface area (Å²) in [7, 11) is -3.38. The van der Waals surface area contributed by atoms with E-state index < -0.39 is 15.1 Å². The van der Waals surface area contributed by atoms with Crippen LogP contribution >= 0.6 is 15.9 Å². The molecule has 0 bridgehead atoms. The number of likely N-dealkylation sites (tertiary alicyclic amines) is 1. The first-order valence-electron chi connectivity index (χ1n) is 8.28. The van der Waals surface area contributed by atoms with Crippen molar-refractivity contribution in [2.75, 3.05) is 13.1 Å². The van der Waals surface area contributed by atoms with Crippen LogP contribution in [0.1, 0.15) is 18.4 Å². The molecule has 1 saturated heterocycles. The number of rotatable bonds is 5. The molecule has 0 N–H and O–H groups in total. The third-order valence-electron chi connectivity index (χ3n) is 4.57. The number of hydrogen-bond donors (Lipinski definition) is 0. The standard InChI is InChI=1S/C19H20BrNO3S/c20-18-9-5-4-6-15(18)10-11-19(22)21-13-12-17(14-21)25(23,24)16-7-2-1-3-8-16/h1-9,17H,10-14H2. The van der Waals surface area contributed by atoms with E-state index in [1.54, 1.807) is 35.2 Å². The largest absolute Gasteiger partial charge is 0.341 e. The average Bonchev–Trinajstić information content (AvgIpc) is 3.12. The summed E-state index contributed by atoms with van der Waals surface area (Å²) in [5.41, 5.74) is 1.09. The summed E-state index contributed by atoms with van der Waals surface area (Å²) in [6.07, 6.45) is 1.53. The van der Waals surface area contributed by atoms with E-state index in [4.69, 9.17) is 0 Å². The van der Waals surface area contributed by atoms with Gasteiger partial charge in [0.2, 0.25) is 5.91 Å². The van der Waals surface area contributed by atoms with Crippen LogP contribution in [-0.4, -0.2) is 37.6 Å². The van der Waals surface area contributed by atoms with Crippen molar-refractivity contribution in [3.8, 4) is 0 Å². The lowest BCUT2D eigenvalue weighted by atomic mass is 10.1. The summed E-state index contributed by atoms with van der Waals surface area (Å²) in [6.45, 7) is 0.789. The maximum atomic E-state index is 12.7. The molecule has 1 fully saturated rings. The molecule has 1 heterocycles. The molecule has 4 nitrogen and oxygen atoms in total. The number of carbonyl (C=O) groups is 1. The van der Waals surface area contributed by atoms with E-state index in [1.807, 2.05) is 24.3 Å². The summed E-state index contributed by atoms with van der Waals surface area (Å²) in [4.78, 5) is 14.5. The zero-order valence-electron chi connectivity index (χ0n) is 13.8. The molecule has 3 rings (SSSR count). The Labute approximate surface area is 156 Å². The molecule has 1 aliphatic heterocycles. The lowest BCUT2D eigenvalue weighted by Gasteiger charge is -2.17. The smallest absolute Gasteiger partial charge is 0.222 e. The predicted molar refractivity (Wildman–Crippen MR) is 101 cm³/mol. The third kappa shape index (κ3) is 4.12. The van der Waals surface area contributed by atoms with Gasteiger partial charge in [-0.15, -0.1) is 0 Å². The Hall–Kier alpha value is -1.66. The van der Waals surface area contributed by atoms with Gasteiger partial charge in [-0.2, -0.15) is 0 Å². The van der Waals surface area contributed by atoms with Crippen molar-refractivity contribution in [2.45, 2.75) is 29.4 Å². The zero-order chi connectivity index (χ0) is 17.9. The van der Waals surface area contributed by atoms with Crippen LogP contribution in [-0.2, 0) is 21.1 Å². The SMILES string of the molecule is O=C(CCc1ccccc1Br)N1CCC(S(=O)(=O)c2ccccc2)C1. The van der Waals surface area contributed by atoms with Crippen molar-refractivity contribution in [3.63, 3.8) is 0 Å². The average molecular weight is 422 g/mol. The molecule has 0 aromatic heterocycles. The van der Waals surface area contributed by atoms with E-state index >= 15 is 0 Å². The number of carbonyl (C=O) groups excluding carboxylic acids is 1. The first-order valence-corrected chi connectivity index (χ1v) is 10.6. The van der Waals surface area contributed by atoms with Gasteiger partial charge < -0.3 is 4.90 Å². The molecule has 0 aliphatic carbocycles. The molecule has 1 amide bonds. The van der Waals surface area contributed by atoms with Gasteiger partial charge in [-0.05, 0) is 36.6 Å². The van der Waals surface area contributed by atoms with Crippen LogP contribution in [0.5, 0.6) is 0 Å². The van der Waals surface area contributed by atoms with Gasteiger partial charge in [-0.25, -0.2) is 8.42 Å². The normalized spacial score (nSPS) is 17.6. The molecule has 0 radical (unpaired) electrons. The minimum Gasteiger partial charge on any atom is -0.341 e. The highest BCUT2D eigenvalue weighted by molar-refractivity contribution is 9.10. The Morgan fingerprint density at radius 2 is 1.76 bits per heavy atom. The second-order valence-electron chi connectivity index (χ2n) is 6.20. The lowest BCUT2D eigenvalue weighted by molar-refractivity contribution is -0.130. The number of hydrogen-bond acceptors (Lipinski definition) is 3. The monoisotopic (exact) mass is 421 g/mol. The number of amides is 1. The fraction of sp³-hybridized carbons (Fsp3) is 0.316. The van der Waals surface area contributed by atoms with Gasteiger partial charge in [0.15, 0.2) is 9.84 Å². The van der Waals surface area contributed by atoms with Crippen LogP contribution in [0.2, 0.25) is 0 Å². The van der Waals surface area contributed by atoms with Crippen LogP contribution in [0.3, 0.4) is 0 Å². The Bertz CT molecular complexity index is 852. The Morgan fingerprint density at radius 3 is 2.48 bits per heavy atom. The summed E-state index contributed by atoms with van der Waals surface area (Å²) in [5.74, 6) is 0.0153. The van der Waals surface area contributed by atoms with Crippen LogP contribution in [0.15, 0.2) is 64.0 Å². The molecule has 0 saturated carbocycles. The lowest BCUT2D eigenvalue weighted by Crippen LogP contribution is -2.32. The van der Waals surface area contributed by atoms with Crippen molar-refractivity contribution in [3.05, 3.63) is 64.6 Å². The summed E-state index contributed by atoms with van der Waals surface area (Å²) in [5, 5.41) is -0.512. The van der Waals surface area contributed by atoms with E-state index in [2.05, 4.69) is 15.9 Å². The predicted octanol–water partition coefficient (Wildman–Crippen LogP) is 3.46. The topological polar surface area (TPSA) is 54.5 Å².